The molecule has 0 amide bonds. The van der Waals surface area contributed by atoms with Gasteiger partial charge in [-0.15, -0.1) is 0 Å². The first kappa shape index (κ1) is 22.5. The fraction of sp³-hybridized carbons (Fsp3) is 0.217. The Balaban J connectivity index is 1.56. The van der Waals surface area contributed by atoms with Crippen LogP contribution in [0.1, 0.15) is 22.3 Å². The van der Waals surface area contributed by atoms with Crippen molar-refractivity contribution < 1.29 is 13.2 Å². The Morgan fingerprint density at radius 2 is 1.73 bits per heavy atom. The number of primary sulfonamides is 1. The molecule has 0 saturated carbocycles. The van der Waals surface area contributed by atoms with Crippen molar-refractivity contribution in [1.29, 1.82) is 0 Å². The van der Waals surface area contributed by atoms with Gasteiger partial charge in [-0.25, -0.2) is 13.6 Å². The van der Waals surface area contributed by atoms with Crippen LogP contribution in [0.25, 0.3) is 0 Å². The van der Waals surface area contributed by atoms with Crippen molar-refractivity contribution in [2.45, 2.75) is 31.4 Å². The van der Waals surface area contributed by atoms with Gasteiger partial charge in [0.05, 0.1) is 4.90 Å². The summed E-state index contributed by atoms with van der Waals surface area (Å²) in [6, 6.07) is 20.9. The molecule has 5 nitrogen and oxygen atoms in total. The second-order valence-electron chi connectivity index (χ2n) is 7.08. The van der Waals surface area contributed by atoms with Crippen LogP contribution in [0.2, 0.25) is 0 Å². The van der Waals surface area contributed by atoms with E-state index in [1.165, 1.54) is 23.3 Å². The highest BCUT2D eigenvalue weighted by molar-refractivity contribution is 9.10. The van der Waals surface area contributed by atoms with Crippen LogP contribution < -0.4 is 15.2 Å². The van der Waals surface area contributed by atoms with Gasteiger partial charge in [-0.1, -0.05) is 52.3 Å². The first-order chi connectivity index (χ1) is 14.3. The van der Waals surface area contributed by atoms with Crippen molar-refractivity contribution in [3.05, 3.63) is 93.5 Å². The zero-order valence-electron chi connectivity index (χ0n) is 16.8. The quantitative estimate of drug-likeness (QED) is 0.439. The van der Waals surface area contributed by atoms with Crippen LogP contribution in [0.3, 0.4) is 0 Å². The second kappa shape index (κ2) is 10.2. The van der Waals surface area contributed by atoms with Gasteiger partial charge in [-0.3, -0.25) is 0 Å². The lowest BCUT2D eigenvalue weighted by Crippen LogP contribution is -2.17. The van der Waals surface area contributed by atoms with Crippen LogP contribution in [-0.4, -0.2) is 15.0 Å². The van der Waals surface area contributed by atoms with E-state index < -0.39 is 10.0 Å². The molecule has 3 N–H and O–H groups in total. The molecule has 7 heteroatoms. The smallest absolute Gasteiger partial charge is 0.238 e. The van der Waals surface area contributed by atoms with Crippen molar-refractivity contribution in [1.82, 2.24) is 5.32 Å². The zero-order chi connectivity index (χ0) is 21.6. The number of rotatable bonds is 9. The molecule has 0 saturated heterocycles. The molecule has 0 atom stereocenters. The van der Waals surface area contributed by atoms with Crippen LogP contribution >= 0.6 is 15.9 Å². The lowest BCUT2D eigenvalue weighted by Gasteiger charge is -2.14. The van der Waals surface area contributed by atoms with Crippen LogP contribution in [0.5, 0.6) is 5.75 Å². The standard InChI is InChI=1S/C23H25BrN2O3S/c1-17-4-2-3-5-19(17)16-29-23-11-8-21(24)14-20(23)15-26-13-12-18-6-9-22(10-7-18)30(25,27)28/h2-11,14,26H,12-13,15-16H2,1H3,(H2,25,27,28). The summed E-state index contributed by atoms with van der Waals surface area (Å²) < 4.78 is 29.8. The molecule has 30 heavy (non-hydrogen) atoms. The van der Waals surface area contributed by atoms with Gasteiger partial charge < -0.3 is 10.1 Å². The van der Waals surface area contributed by atoms with Crippen LogP contribution in [0, 0.1) is 6.92 Å². The lowest BCUT2D eigenvalue weighted by molar-refractivity contribution is 0.301. The van der Waals surface area contributed by atoms with Crippen LogP contribution in [-0.2, 0) is 29.6 Å². The second-order valence-corrected chi connectivity index (χ2v) is 9.56. The normalized spacial score (nSPS) is 11.4. The maximum Gasteiger partial charge on any atom is 0.238 e. The molecule has 0 spiro atoms. The van der Waals surface area contributed by atoms with Crippen LogP contribution in [0.15, 0.2) is 76.1 Å². The van der Waals surface area contributed by atoms with E-state index in [0.29, 0.717) is 13.2 Å². The number of aryl methyl sites for hydroxylation is 1. The molecule has 0 unspecified atom stereocenters. The van der Waals surface area contributed by atoms with E-state index in [1.807, 2.05) is 24.3 Å². The minimum atomic E-state index is -3.65. The summed E-state index contributed by atoms with van der Waals surface area (Å²) in [6.07, 6.45) is 0.776. The molecular weight excluding hydrogens is 464 g/mol. The van der Waals surface area contributed by atoms with Gasteiger partial charge in [0.15, 0.2) is 0 Å². The van der Waals surface area contributed by atoms with E-state index in [2.05, 4.69) is 46.4 Å². The van der Waals surface area contributed by atoms with Gasteiger partial charge >= 0.3 is 0 Å². The number of ether oxygens (including phenoxy) is 1. The third kappa shape index (κ3) is 6.40. The van der Waals surface area contributed by atoms with E-state index in [4.69, 9.17) is 9.88 Å². The molecule has 0 fully saturated rings. The molecule has 0 radical (unpaired) electrons. The van der Waals surface area contributed by atoms with Gasteiger partial charge in [0.1, 0.15) is 12.4 Å². The van der Waals surface area contributed by atoms with Crippen molar-refractivity contribution in [2.24, 2.45) is 5.14 Å². The SMILES string of the molecule is Cc1ccccc1COc1ccc(Br)cc1CNCCc1ccc(S(N)(=O)=O)cc1. The summed E-state index contributed by atoms with van der Waals surface area (Å²) in [5.74, 6) is 0.853. The Bertz CT molecular complexity index is 1100. The molecule has 0 heterocycles. The monoisotopic (exact) mass is 488 g/mol. The topological polar surface area (TPSA) is 81.4 Å². The maximum absolute atomic E-state index is 11.3. The molecule has 3 aromatic carbocycles. The average molecular weight is 489 g/mol. The van der Waals surface area contributed by atoms with Crippen molar-refractivity contribution in [3.8, 4) is 5.75 Å². The van der Waals surface area contributed by atoms with Crippen molar-refractivity contribution in [2.75, 3.05) is 6.54 Å². The molecule has 3 rings (SSSR count). The van der Waals surface area contributed by atoms with E-state index in [-0.39, 0.29) is 4.90 Å². The average Bonchev–Trinajstić information content (AvgIpc) is 2.71. The summed E-state index contributed by atoms with van der Waals surface area (Å²) in [7, 11) is -3.65. The molecule has 0 aromatic heterocycles. The highest BCUT2D eigenvalue weighted by Crippen LogP contribution is 2.24. The van der Waals surface area contributed by atoms with Gasteiger partial charge in [0, 0.05) is 16.6 Å². The van der Waals surface area contributed by atoms with Crippen LogP contribution in [0.4, 0.5) is 0 Å². The van der Waals surface area contributed by atoms with Crippen molar-refractivity contribution in [3.63, 3.8) is 0 Å². The molecule has 0 aliphatic rings. The number of nitrogens with two attached hydrogens (primary N) is 1. The highest BCUT2D eigenvalue weighted by Gasteiger charge is 2.08. The van der Waals surface area contributed by atoms with Gasteiger partial charge in [0.2, 0.25) is 10.0 Å². The Labute approximate surface area is 186 Å². The fourth-order valence-electron chi connectivity index (χ4n) is 3.06. The van der Waals surface area contributed by atoms with Gasteiger partial charge in [-0.2, -0.15) is 0 Å². The minimum absolute atomic E-state index is 0.129. The number of hydrogen-bond donors (Lipinski definition) is 2. The number of sulfonamides is 1. The molecule has 3 aromatic rings. The number of hydrogen-bond acceptors (Lipinski definition) is 4. The molecule has 0 aliphatic carbocycles. The summed E-state index contributed by atoms with van der Waals surface area (Å²) in [4.78, 5) is 0.129. The van der Waals surface area contributed by atoms with Gasteiger partial charge in [0.25, 0.3) is 0 Å². The van der Waals surface area contributed by atoms with E-state index in [0.717, 1.165) is 34.3 Å². The minimum Gasteiger partial charge on any atom is -0.489 e. The molecular formula is C23H25BrN2O3S. The zero-order valence-corrected chi connectivity index (χ0v) is 19.2. The number of benzene rings is 3. The molecule has 158 valence electrons. The predicted molar refractivity (Wildman–Crippen MR) is 123 cm³/mol. The lowest BCUT2D eigenvalue weighted by atomic mass is 10.1. The number of halogens is 1. The fourth-order valence-corrected chi connectivity index (χ4v) is 3.98. The summed E-state index contributed by atoms with van der Waals surface area (Å²) in [6.45, 7) is 4.02. The Kier molecular flexibility index (Phi) is 7.66. The third-order valence-electron chi connectivity index (χ3n) is 4.82. The van der Waals surface area contributed by atoms with E-state index in [1.54, 1.807) is 12.1 Å². The van der Waals surface area contributed by atoms with E-state index in [9.17, 15) is 8.42 Å². The highest BCUT2D eigenvalue weighted by atomic mass is 79.9. The maximum atomic E-state index is 11.3. The Morgan fingerprint density at radius 1 is 1.00 bits per heavy atom. The Hall–Kier alpha value is -2.19. The van der Waals surface area contributed by atoms with Crippen molar-refractivity contribution >= 4 is 26.0 Å². The predicted octanol–water partition coefficient (Wildman–Crippen LogP) is 4.32. The van der Waals surface area contributed by atoms with E-state index >= 15 is 0 Å². The summed E-state index contributed by atoms with van der Waals surface area (Å²) in [5, 5.41) is 8.56. The summed E-state index contributed by atoms with van der Waals surface area (Å²) in [5.41, 5.74) is 4.49. The molecule has 0 bridgehead atoms. The first-order valence-electron chi connectivity index (χ1n) is 9.61. The molecule has 0 aliphatic heterocycles. The summed E-state index contributed by atoms with van der Waals surface area (Å²) >= 11 is 3.53. The number of nitrogens with one attached hydrogen (secondary N) is 1. The Morgan fingerprint density at radius 3 is 2.43 bits per heavy atom. The van der Waals surface area contributed by atoms with Gasteiger partial charge in [-0.05, 0) is 66.9 Å². The first-order valence-corrected chi connectivity index (χ1v) is 11.9. The largest absolute Gasteiger partial charge is 0.489 e. The third-order valence-corrected chi connectivity index (χ3v) is 6.25.